The highest BCUT2D eigenvalue weighted by Gasteiger charge is 2.19. The Morgan fingerprint density at radius 1 is 0.750 bits per heavy atom. The SMILES string of the molecule is CC.CCNCC(=O)C(C)C.CNCc1ccc(C)cc1.O=CCN1CCN(CC(=O)O)CCN(CC(=O)O)CCN(CC(=O)O)CC1. The fraction of sp³-hybridized carbons (Fsp3) is 0.676. The van der Waals surface area contributed by atoms with Crippen molar-refractivity contribution in [1.82, 2.24) is 30.2 Å². The highest BCUT2D eigenvalue weighted by atomic mass is 16.4. The summed E-state index contributed by atoms with van der Waals surface area (Å²) in [6, 6.07) is 8.55. The Kier molecular flexibility index (Phi) is 29.1. The molecule has 0 unspecified atom stereocenters. The number of likely N-dealkylation sites (N-methyl/N-ethyl adjacent to an activating group) is 1. The average molecular weight is 683 g/mol. The van der Waals surface area contributed by atoms with Gasteiger partial charge in [0.25, 0.3) is 0 Å². The number of carboxylic acids is 3. The molecular weight excluding hydrogens is 620 g/mol. The number of benzene rings is 1. The first-order valence-corrected chi connectivity index (χ1v) is 16.7. The Bertz CT molecular complexity index is 993. The van der Waals surface area contributed by atoms with E-state index >= 15 is 0 Å². The second kappa shape index (κ2) is 29.8. The molecule has 0 saturated carbocycles. The van der Waals surface area contributed by atoms with Crippen molar-refractivity contribution < 1.29 is 39.3 Å². The number of carbonyl (C=O) groups excluding carboxylic acids is 2. The quantitative estimate of drug-likeness (QED) is 0.177. The molecular formula is C34H62N6O8. The van der Waals surface area contributed by atoms with Gasteiger partial charge in [0, 0.05) is 64.8 Å². The topological polar surface area (TPSA) is 183 Å². The summed E-state index contributed by atoms with van der Waals surface area (Å²) in [5.74, 6) is -2.47. The van der Waals surface area contributed by atoms with E-state index in [0.717, 1.165) is 19.4 Å². The molecule has 1 aromatic carbocycles. The van der Waals surface area contributed by atoms with Crippen molar-refractivity contribution in [2.75, 3.05) is 98.7 Å². The maximum Gasteiger partial charge on any atom is 0.317 e. The number of aldehydes is 1. The van der Waals surface area contributed by atoms with E-state index in [2.05, 4.69) is 41.8 Å². The summed E-state index contributed by atoms with van der Waals surface area (Å²) in [6.07, 6.45) is 0.767. The lowest BCUT2D eigenvalue weighted by Crippen LogP contribution is -2.48. The summed E-state index contributed by atoms with van der Waals surface area (Å²) in [7, 11) is 1.96. The second-order valence-corrected chi connectivity index (χ2v) is 11.4. The van der Waals surface area contributed by atoms with Gasteiger partial charge in [0.05, 0.1) is 32.7 Å². The monoisotopic (exact) mass is 682 g/mol. The molecule has 1 aliphatic heterocycles. The Morgan fingerprint density at radius 3 is 1.42 bits per heavy atom. The predicted molar refractivity (Wildman–Crippen MR) is 188 cm³/mol. The van der Waals surface area contributed by atoms with Gasteiger partial charge in [0.2, 0.25) is 0 Å². The predicted octanol–water partition coefficient (Wildman–Crippen LogP) is 1.22. The van der Waals surface area contributed by atoms with Gasteiger partial charge in [-0.15, -0.1) is 0 Å². The minimum atomic E-state index is -0.992. The maximum absolute atomic E-state index is 11.1. The molecule has 1 saturated heterocycles. The third kappa shape index (κ3) is 26.8. The number of ketones is 1. The zero-order valence-electron chi connectivity index (χ0n) is 30.2. The van der Waals surface area contributed by atoms with E-state index < -0.39 is 17.9 Å². The highest BCUT2D eigenvalue weighted by Crippen LogP contribution is 2.02. The summed E-state index contributed by atoms with van der Waals surface area (Å²) < 4.78 is 0. The van der Waals surface area contributed by atoms with E-state index in [9.17, 15) is 24.0 Å². The van der Waals surface area contributed by atoms with Crippen molar-refractivity contribution in [2.45, 2.75) is 48.1 Å². The molecule has 0 aliphatic carbocycles. The third-order valence-electron chi connectivity index (χ3n) is 7.03. The molecule has 5 N–H and O–H groups in total. The molecule has 1 heterocycles. The summed E-state index contributed by atoms with van der Waals surface area (Å²) in [4.78, 5) is 61.9. The molecule has 1 fully saturated rings. The summed E-state index contributed by atoms with van der Waals surface area (Å²) in [5.41, 5.74) is 2.66. The van der Waals surface area contributed by atoms with Gasteiger partial charge in [-0.3, -0.25) is 38.8 Å². The van der Waals surface area contributed by atoms with Crippen LogP contribution in [-0.4, -0.2) is 164 Å². The van der Waals surface area contributed by atoms with Gasteiger partial charge >= 0.3 is 17.9 Å². The number of aryl methyl sites for hydroxylation is 1. The first kappa shape index (κ1) is 46.8. The molecule has 0 spiro atoms. The Balaban J connectivity index is 0. The van der Waals surface area contributed by atoms with Crippen LogP contribution >= 0.6 is 0 Å². The number of hydrogen-bond acceptors (Lipinski definition) is 11. The number of nitrogens with one attached hydrogen (secondary N) is 2. The van der Waals surface area contributed by atoms with Crippen LogP contribution in [0, 0.1) is 12.8 Å². The zero-order chi connectivity index (χ0) is 36.9. The van der Waals surface area contributed by atoms with Crippen LogP contribution < -0.4 is 10.6 Å². The lowest BCUT2D eigenvalue weighted by Gasteiger charge is -2.32. The van der Waals surface area contributed by atoms with Crippen LogP contribution in [0.15, 0.2) is 24.3 Å². The standard InChI is InChI=1S/C16H28N4O7.C9H13N.C7H15NO.C2H6/c21-10-9-17-1-3-18(11-14(22)23)5-7-20(13-16(26)27)8-6-19(4-2-17)12-15(24)25;1-8-3-5-9(6-4-8)7-10-2;1-4-8-5-7(9)6(2)3;1-2/h10H,1-9,11-13H2,(H,22,23)(H,24,25)(H,26,27);3-6,10H,7H2,1-2H3;6,8H,4-5H2,1-3H3;1-2H3. The number of aliphatic carboxylic acids is 3. The molecule has 0 amide bonds. The molecule has 0 bridgehead atoms. The number of nitrogens with zero attached hydrogens (tertiary/aromatic N) is 4. The Labute approximate surface area is 287 Å². The molecule has 276 valence electrons. The lowest BCUT2D eigenvalue weighted by molar-refractivity contribution is -0.140. The number of hydrogen-bond donors (Lipinski definition) is 5. The van der Waals surface area contributed by atoms with Crippen LogP contribution in [0.25, 0.3) is 0 Å². The van der Waals surface area contributed by atoms with E-state index in [1.165, 1.54) is 11.1 Å². The maximum atomic E-state index is 11.1. The van der Waals surface area contributed by atoms with Gasteiger partial charge in [-0.2, -0.15) is 0 Å². The van der Waals surface area contributed by atoms with Gasteiger partial charge < -0.3 is 30.7 Å². The smallest absolute Gasteiger partial charge is 0.317 e. The van der Waals surface area contributed by atoms with Crippen molar-refractivity contribution in [3.05, 3.63) is 35.4 Å². The van der Waals surface area contributed by atoms with E-state index in [4.69, 9.17) is 15.3 Å². The van der Waals surface area contributed by atoms with Crippen molar-refractivity contribution in [3.8, 4) is 0 Å². The largest absolute Gasteiger partial charge is 0.480 e. The van der Waals surface area contributed by atoms with Crippen LogP contribution in [0.2, 0.25) is 0 Å². The van der Waals surface area contributed by atoms with Crippen molar-refractivity contribution in [2.24, 2.45) is 5.92 Å². The van der Waals surface area contributed by atoms with Crippen molar-refractivity contribution >= 4 is 30.0 Å². The van der Waals surface area contributed by atoms with Crippen LogP contribution in [0.1, 0.15) is 45.7 Å². The zero-order valence-corrected chi connectivity index (χ0v) is 30.2. The molecule has 1 aliphatic rings. The third-order valence-corrected chi connectivity index (χ3v) is 7.03. The fourth-order valence-corrected chi connectivity index (χ4v) is 4.28. The minimum Gasteiger partial charge on any atom is -0.480 e. The molecule has 0 atom stereocenters. The van der Waals surface area contributed by atoms with E-state index in [-0.39, 0.29) is 37.9 Å². The fourth-order valence-electron chi connectivity index (χ4n) is 4.28. The number of rotatable bonds is 14. The van der Waals surface area contributed by atoms with E-state index in [0.29, 0.717) is 58.9 Å². The van der Waals surface area contributed by atoms with Gasteiger partial charge in [-0.05, 0) is 26.1 Å². The lowest BCUT2D eigenvalue weighted by atomic mass is 10.1. The molecule has 1 aromatic rings. The van der Waals surface area contributed by atoms with Gasteiger partial charge in [0.15, 0.2) is 0 Å². The van der Waals surface area contributed by atoms with Gasteiger partial charge in [-0.25, -0.2) is 0 Å². The molecule has 48 heavy (non-hydrogen) atoms. The van der Waals surface area contributed by atoms with Gasteiger partial charge in [-0.1, -0.05) is 64.4 Å². The van der Waals surface area contributed by atoms with Crippen LogP contribution in [0.5, 0.6) is 0 Å². The summed E-state index contributed by atoms with van der Waals surface area (Å²) >= 11 is 0. The first-order valence-electron chi connectivity index (χ1n) is 16.7. The normalized spacial score (nSPS) is 15.2. The van der Waals surface area contributed by atoms with Gasteiger partial charge in [0.1, 0.15) is 12.1 Å². The summed E-state index contributed by atoms with van der Waals surface area (Å²) in [5, 5.41) is 33.3. The average Bonchev–Trinajstić information content (AvgIpc) is 3.03. The van der Waals surface area contributed by atoms with E-state index in [1.807, 2.05) is 46.6 Å². The Hall–Kier alpha value is -3.27. The van der Waals surface area contributed by atoms with Crippen molar-refractivity contribution in [1.29, 1.82) is 0 Å². The van der Waals surface area contributed by atoms with Crippen LogP contribution in [0.4, 0.5) is 0 Å². The molecule has 14 heteroatoms. The van der Waals surface area contributed by atoms with Crippen LogP contribution in [-0.2, 0) is 30.5 Å². The minimum absolute atomic E-state index is 0.166. The van der Waals surface area contributed by atoms with Crippen LogP contribution in [0.3, 0.4) is 0 Å². The van der Waals surface area contributed by atoms with Crippen molar-refractivity contribution in [3.63, 3.8) is 0 Å². The Morgan fingerprint density at radius 2 is 1.12 bits per heavy atom. The molecule has 2 rings (SSSR count). The first-order chi connectivity index (χ1) is 22.8. The second-order valence-electron chi connectivity index (χ2n) is 11.4. The number of carboxylic acid groups (broad SMARTS) is 3. The van der Waals surface area contributed by atoms with E-state index in [1.54, 1.807) is 14.7 Å². The highest BCUT2D eigenvalue weighted by molar-refractivity contribution is 5.82. The number of Topliss-reactive ketones (excluding diaryl/α,β-unsaturated/α-hetero) is 1. The molecule has 14 nitrogen and oxygen atoms in total. The molecule has 0 aromatic heterocycles. The number of carbonyl (C=O) groups is 5. The summed E-state index contributed by atoms with van der Waals surface area (Å²) in [6.45, 7) is 17.2. The molecule has 0 radical (unpaired) electrons.